The molecule has 0 saturated carbocycles. The minimum Gasteiger partial charge on any atom is -0.432 e. The molecule has 0 unspecified atom stereocenters. The lowest BCUT2D eigenvalue weighted by molar-refractivity contribution is 0.497. The molecular weight excluding hydrogens is 672 g/mol. The van der Waals surface area contributed by atoms with E-state index in [2.05, 4.69) is 74.5 Å². The molecule has 0 aliphatic rings. The molecule has 0 spiro atoms. The van der Waals surface area contributed by atoms with Gasteiger partial charge in [-0.2, -0.15) is 0 Å². The van der Waals surface area contributed by atoms with Crippen LogP contribution in [0.4, 0.5) is 0 Å². The van der Waals surface area contributed by atoms with E-state index >= 15 is 0 Å². The lowest BCUT2D eigenvalue weighted by atomic mass is 10.0. The maximum Gasteiger partial charge on any atom is 0.319 e. The summed E-state index contributed by atoms with van der Waals surface area (Å²) >= 11 is 6.27. The third kappa shape index (κ3) is 20.0. The van der Waals surface area contributed by atoms with Gasteiger partial charge >= 0.3 is 6.49 Å². The van der Waals surface area contributed by atoms with Gasteiger partial charge in [0.2, 0.25) is 0 Å². The third-order valence-corrected chi connectivity index (χ3v) is 12.7. The Hall–Kier alpha value is -2.61. The Bertz CT molecular complexity index is 1330. The second-order valence-electron chi connectivity index (χ2n) is 14.6. The SMILES string of the molecule is CCCCCC/C=C/CCCCCCCc1cccc(OP(=S)(Oc2cccc(CCCCCCC/C=C/CCCCCC)c2)c2ccccc2)c1. The molecule has 0 N–H and O–H groups in total. The van der Waals surface area contributed by atoms with Gasteiger partial charge in [-0.15, -0.1) is 0 Å². The van der Waals surface area contributed by atoms with Gasteiger partial charge in [0.1, 0.15) is 11.5 Å². The predicted molar refractivity (Wildman–Crippen MR) is 233 cm³/mol. The van der Waals surface area contributed by atoms with Gasteiger partial charge in [0.15, 0.2) is 0 Å². The van der Waals surface area contributed by atoms with Crippen LogP contribution >= 0.6 is 6.49 Å². The van der Waals surface area contributed by atoms with Crippen LogP contribution in [0, 0.1) is 0 Å². The standard InChI is InChI=1S/C48H71O2PS/c1-3-5-7-9-11-13-15-17-19-21-23-25-28-34-44-36-32-38-46(42-44)49-51(52,48-40-30-27-31-41-48)50-47-39-33-37-45(43-47)35-29-26-24-22-20-18-16-14-12-10-8-6-4-2/h13-16,27,30-33,36-43H,3-12,17-26,28-29,34-35H2,1-2H3/b15-13+,16-14+. The van der Waals surface area contributed by atoms with Crippen LogP contribution in [0.5, 0.6) is 11.5 Å². The van der Waals surface area contributed by atoms with Gasteiger partial charge in [-0.05, 0) is 136 Å². The van der Waals surface area contributed by atoms with E-state index in [0.29, 0.717) is 0 Å². The third-order valence-electron chi connectivity index (χ3n) is 9.77. The molecule has 2 nitrogen and oxygen atoms in total. The molecule has 0 atom stereocenters. The summed E-state index contributed by atoms with van der Waals surface area (Å²) in [5.41, 5.74) is 2.60. The molecule has 3 aromatic rings. The largest absolute Gasteiger partial charge is 0.432 e. The quantitative estimate of drug-likeness (QED) is 0.0371. The van der Waals surface area contributed by atoms with Crippen LogP contribution in [0.2, 0.25) is 0 Å². The Balaban J connectivity index is 1.42. The second-order valence-corrected chi connectivity index (χ2v) is 17.9. The van der Waals surface area contributed by atoms with Crippen molar-refractivity contribution in [3.63, 3.8) is 0 Å². The highest BCUT2D eigenvalue weighted by Gasteiger charge is 2.26. The minimum atomic E-state index is -2.85. The Morgan fingerprint density at radius 2 is 0.827 bits per heavy atom. The van der Waals surface area contributed by atoms with E-state index < -0.39 is 6.49 Å². The summed E-state index contributed by atoms with van der Waals surface area (Å²) in [4.78, 5) is 0. The molecule has 0 aliphatic carbocycles. The first-order valence-electron chi connectivity index (χ1n) is 21.2. The van der Waals surface area contributed by atoms with E-state index in [1.54, 1.807) is 0 Å². The van der Waals surface area contributed by atoms with Gasteiger partial charge in [0.25, 0.3) is 0 Å². The fourth-order valence-electron chi connectivity index (χ4n) is 6.62. The number of allylic oxidation sites excluding steroid dienone is 4. The van der Waals surface area contributed by atoms with Crippen molar-refractivity contribution in [2.24, 2.45) is 0 Å². The molecule has 52 heavy (non-hydrogen) atoms. The molecule has 4 heteroatoms. The monoisotopic (exact) mass is 742 g/mol. The van der Waals surface area contributed by atoms with Crippen molar-refractivity contribution in [1.29, 1.82) is 0 Å². The van der Waals surface area contributed by atoms with Crippen LogP contribution in [-0.4, -0.2) is 0 Å². The molecule has 286 valence electrons. The summed E-state index contributed by atoms with van der Waals surface area (Å²) in [6, 6.07) is 27.1. The van der Waals surface area contributed by atoms with Crippen molar-refractivity contribution in [2.45, 2.75) is 168 Å². The number of aryl methyl sites for hydroxylation is 2. The van der Waals surface area contributed by atoms with Gasteiger partial charge in [0.05, 0.1) is 5.30 Å². The van der Waals surface area contributed by atoms with Gasteiger partial charge in [-0.3, -0.25) is 0 Å². The zero-order valence-corrected chi connectivity index (χ0v) is 34.7. The number of benzene rings is 3. The number of hydrogen-bond acceptors (Lipinski definition) is 3. The first kappa shape index (κ1) is 43.8. The number of rotatable bonds is 31. The van der Waals surface area contributed by atoms with Gasteiger partial charge < -0.3 is 9.05 Å². The van der Waals surface area contributed by atoms with Crippen molar-refractivity contribution in [3.8, 4) is 11.5 Å². The molecule has 0 bridgehead atoms. The van der Waals surface area contributed by atoms with Crippen molar-refractivity contribution in [2.75, 3.05) is 0 Å². The highest BCUT2D eigenvalue weighted by Crippen LogP contribution is 2.48. The molecule has 0 saturated heterocycles. The van der Waals surface area contributed by atoms with Gasteiger partial charge in [-0.25, -0.2) is 0 Å². The molecule has 0 heterocycles. The summed E-state index contributed by atoms with van der Waals surface area (Å²) in [5, 5.41) is 0.929. The maximum atomic E-state index is 6.67. The Kier molecular flexibility index (Phi) is 24.3. The van der Waals surface area contributed by atoms with Crippen molar-refractivity contribution in [3.05, 3.63) is 114 Å². The highest BCUT2D eigenvalue weighted by molar-refractivity contribution is 8.13. The van der Waals surface area contributed by atoms with Crippen LogP contribution in [0.25, 0.3) is 0 Å². The summed E-state index contributed by atoms with van der Waals surface area (Å²) in [6.07, 6.45) is 40.3. The topological polar surface area (TPSA) is 18.5 Å². The zero-order chi connectivity index (χ0) is 36.8. The molecule has 0 amide bonds. The van der Waals surface area contributed by atoms with Crippen LogP contribution in [-0.2, 0) is 24.6 Å². The van der Waals surface area contributed by atoms with E-state index in [0.717, 1.165) is 29.6 Å². The Morgan fingerprint density at radius 3 is 1.25 bits per heavy atom. The highest BCUT2D eigenvalue weighted by atomic mass is 32.5. The normalized spacial score (nSPS) is 11.9. The molecule has 3 aromatic carbocycles. The lowest BCUT2D eigenvalue weighted by Crippen LogP contribution is -2.14. The van der Waals surface area contributed by atoms with Gasteiger partial charge in [0, 0.05) is 0 Å². The molecular formula is C48H71O2PS. The molecule has 0 fully saturated rings. The summed E-state index contributed by atoms with van der Waals surface area (Å²) in [7, 11) is 0. The number of hydrogen-bond donors (Lipinski definition) is 0. The smallest absolute Gasteiger partial charge is 0.319 e. The molecule has 0 aliphatic heterocycles. The van der Waals surface area contributed by atoms with E-state index in [9.17, 15) is 0 Å². The zero-order valence-electron chi connectivity index (χ0n) is 33.0. The van der Waals surface area contributed by atoms with Crippen LogP contribution < -0.4 is 14.4 Å². The Morgan fingerprint density at radius 1 is 0.442 bits per heavy atom. The van der Waals surface area contributed by atoms with Crippen LogP contribution in [0.15, 0.2) is 103 Å². The van der Waals surface area contributed by atoms with E-state index in [1.165, 1.54) is 152 Å². The lowest BCUT2D eigenvalue weighted by Gasteiger charge is -2.24. The van der Waals surface area contributed by atoms with Crippen molar-refractivity contribution < 1.29 is 9.05 Å². The summed E-state index contributed by atoms with van der Waals surface area (Å²) in [5.74, 6) is 1.59. The van der Waals surface area contributed by atoms with Crippen LogP contribution in [0.1, 0.15) is 166 Å². The molecule has 0 aromatic heterocycles. The molecule has 3 rings (SSSR count). The first-order chi connectivity index (χ1) is 25.6. The second kappa shape index (κ2) is 28.8. The van der Waals surface area contributed by atoms with Crippen LogP contribution in [0.3, 0.4) is 0 Å². The summed E-state index contributed by atoms with van der Waals surface area (Å²) in [6.45, 7) is 1.70. The first-order valence-corrected chi connectivity index (χ1v) is 23.8. The van der Waals surface area contributed by atoms with E-state index in [1.807, 2.05) is 42.5 Å². The summed E-state index contributed by atoms with van der Waals surface area (Å²) < 4.78 is 13.3. The van der Waals surface area contributed by atoms with Crippen molar-refractivity contribution >= 4 is 23.6 Å². The average molecular weight is 743 g/mol. The maximum absolute atomic E-state index is 6.67. The predicted octanol–water partition coefficient (Wildman–Crippen LogP) is 15.6. The van der Waals surface area contributed by atoms with E-state index in [4.69, 9.17) is 20.9 Å². The Labute approximate surface area is 325 Å². The van der Waals surface area contributed by atoms with Crippen molar-refractivity contribution in [1.82, 2.24) is 0 Å². The number of unbranched alkanes of at least 4 members (excludes halogenated alkanes) is 18. The minimum absolute atomic E-state index is 0.796. The average Bonchev–Trinajstić information content (AvgIpc) is 3.16. The van der Waals surface area contributed by atoms with E-state index in [-0.39, 0.29) is 0 Å². The fourth-order valence-corrected chi connectivity index (χ4v) is 9.07. The van der Waals surface area contributed by atoms with Gasteiger partial charge in [-0.1, -0.05) is 158 Å². The molecule has 0 radical (unpaired) electrons. The fraction of sp³-hybridized carbons (Fsp3) is 0.542.